The second kappa shape index (κ2) is 10.1. The van der Waals surface area contributed by atoms with Gasteiger partial charge >= 0.3 is 24.3 Å². The highest BCUT2D eigenvalue weighted by Gasteiger charge is 2.38. The molecule has 0 fully saturated rings. The van der Waals surface area contributed by atoms with E-state index < -0.39 is 29.9 Å². The number of halogens is 6. The summed E-state index contributed by atoms with van der Waals surface area (Å²) in [5.74, 6) is -5.51. The molecule has 35 heavy (non-hydrogen) atoms. The van der Waals surface area contributed by atoms with Gasteiger partial charge in [0.25, 0.3) is 5.56 Å². The highest BCUT2D eigenvalue weighted by atomic mass is 19.4. The molecule has 0 aromatic carbocycles. The second-order valence-electron chi connectivity index (χ2n) is 6.33. The molecule has 0 aliphatic rings. The summed E-state index contributed by atoms with van der Waals surface area (Å²) in [6.45, 7) is 0. The smallest absolute Gasteiger partial charge is 0.475 e. The van der Waals surface area contributed by atoms with Crippen LogP contribution in [0, 0.1) is 0 Å². The molecule has 4 rings (SSSR count). The van der Waals surface area contributed by atoms with Gasteiger partial charge in [-0.05, 0) is 29.8 Å². The molecule has 0 aliphatic heterocycles. The lowest BCUT2D eigenvalue weighted by atomic mass is 10.0. The number of aromatic nitrogens is 4. The van der Waals surface area contributed by atoms with Crippen LogP contribution in [0.2, 0.25) is 0 Å². The minimum atomic E-state index is -5.08. The van der Waals surface area contributed by atoms with Gasteiger partial charge < -0.3 is 20.4 Å². The first-order valence-corrected chi connectivity index (χ1v) is 8.86. The quantitative estimate of drug-likeness (QED) is 0.226. The molecule has 0 aliphatic carbocycles. The van der Waals surface area contributed by atoms with Gasteiger partial charge in [0.1, 0.15) is 5.65 Å². The first-order valence-electron chi connectivity index (χ1n) is 8.86. The van der Waals surface area contributed by atoms with Gasteiger partial charge in [-0.1, -0.05) is 0 Å². The van der Waals surface area contributed by atoms with Gasteiger partial charge in [0, 0.05) is 41.0 Å². The first-order chi connectivity index (χ1) is 16.1. The number of nitrogens with one attached hydrogen (secondary N) is 1. The van der Waals surface area contributed by atoms with Gasteiger partial charge in [-0.2, -0.15) is 26.3 Å². The Kier molecular flexibility index (Phi) is 7.68. The van der Waals surface area contributed by atoms with Gasteiger partial charge in [-0.15, -0.1) is 4.73 Å². The van der Waals surface area contributed by atoms with Crippen LogP contribution in [0.1, 0.15) is 0 Å². The molecule has 0 amide bonds. The molecule has 0 bridgehead atoms. The predicted octanol–water partition coefficient (Wildman–Crippen LogP) is 3.44. The van der Waals surface area contributed by atoms with E-state index in [0.717, 1.165) is 16.6 Å². The number of carbonyl (C=O) groups is 2. The number of fused-ring (bicyclic) bond motifs is 2. The largest absolute Gasteiger partial charge is 0.490 e. The summed E-state index contributed by atoms with van der Waals surface area (Å²) >= 11 is 0. The number of alkyl halides is 6. The van der Waals surface area contributed by atoms with Crippen LogP contribution in [-0.2, 0) is 9.59 Å². The summed E-state index contributed by atoms with van der Waals surface area (Å²) < 4.78 is 64.0. The van der Waals surface area contributed by atoms with Crippen molar-refractivity contribution in [1.29, 1.82) is 0 Å². The van der Waals surface area contributed by atoms with E-state index >= 15 is 0 Å². The van der Waals surface area contributed by atoms with E-state index in [2.05, 4.69) is 15.0 Å². The minimum absolute atomic E-state index is 0.231. The molecule has 4 aromatic rings. The monoisotopic (exact) mass is 506 g/mol. The van der Waals surface area contributed by atoms with Gasteiger partial charge in [-0.25, -0.2) is 19.6 Å². The lowest BCUT2D eigenvalue weighted by molar-refractivity contribution is -0.193. The lowest BCUT2D eigenvalue weighted by Crippen LogP contribution is -2.21. The molecule has 0 atom stereocenters. The summed E-state index contributed by atoms with van der Waals surface area (Å²) in [5.41, 5.74) is 2.00. The summed E-state index contributed by atoms with van der Waals surface area (Å²) in [4.78, 5) is 41.1. The molecule has 186 valence electrons. The summed E-state index contributed by atoms with van der Waals surface area (Å²) in [7, 11) is 0. The van der Waals surface area contributed by atoms with Crippen LogP contribution < -0.4 is 5.56 Å². The molecular weight excluding hydrogens is 494 g/mol. The standard InChI is InChI=1S/C15H10N4O2.2C2HF3O2/c20-13-7-12(11-2-1-4-17-15(11)19(13)21)10-6-9-3-5-16-14(9)18-8-10;2*3-2(4,5)1(6)7/h1-8,21H,(H,16,18);2*(H,6,7). The van der Waals surface area contributed by atoms with Gasteiger partial charge in [0.15, 0.2) is 5.65 Å². The summed E-state index contributed by atoms with van der Waals surface area (Å²) in [6, 6.07) is 8.82. The fraction of sp³-hybridized carbons (Fsp3) is 0.105. The van der Waals surface area contributed by atoms with Crippen molar-refractivity contribution in [3.8, 4) is 11.1 Å². The number of carboxylic acids is 2. The number of aromatic amines is 1. The van der Waals surface area contributed by atoms with E-state index in [0.29, 0.717) is 15.7 Å². The van der Waals surface area contributed by atoms with Crippen molar-refractivity contribution >= 4 is 34.0 Å². The molecule has 4 N–H and O–H groups in total. The van der Waals surface area contributed by atoms with Crippen LogP contribution in [0.3, 0.4) is 0 Å². The SMILES string of the molecule is O=C(O)C(F)(F)F.O=C(O)C(F)(F)F.O=c1cc(-c2cnc3[nH]ccc3c2)c2cccnc2n1O. The van der Waals surface area contributed by atoms with E-state index in [4.69, 9.17) is 19.8 Å². The number of aliphatic carboxylic acids is 2. The third kappa shape index (κ3) is 6.68. The highest BCUT2D eigenvalue weighted by Crippen LogP contribution is 2.27. The Hall–Kier alpha value is -4.63. The normalized spacial score (nSPS) is 11.3. The van der Waals surface area contributed by atoms with E-state index in [1.165, 1.54) is 12.3 Å². The number of hydrogen-bond acceptors (Lipinski definition) is 6. The average Bonchev–Trinajstić information content (AvgIpc) is 3.24. The van der Waals surface area contributed by atoms with Crippen LogP contribution in [0.4, 0.5) is 26.3 Å². The van der Waals surface area contributed by atoms with Crippen molar-refractivity contribution in [2.75, 3.05) is 0 Å². The van der Waals surface area contributed by atoms with E-state index in [1.807, 2.05) is 24.4 Å². The van der Waals surface area contributed by atoms with Crippen molar-refractivity contribution in [2.45, 2.75) is 12.4 Å². The third-order valence-corrected chi connectivity index (χ3v) is 3.95. The number of H-pyrrole nitrogens is 1. The number of rotatable bonds is 1. The zero-order chi connectivity index (χ0) is 26.6. The predicted molar refractivity (Wildman–Crippen MR) is 106 cm³/mol. The Bertz CT molecular complexity index is 1400. The number of hydrogen-bond donors (Lipinski definition) is 4. The molecule has 0 radical (unpaired) electrons. The van der Waals surface area contributed by atoms with Gasteiger partial charge in [0.2, 0.25) is 0 Å². The van der Waals surface area contributed by atoms with Crippen molar-refractivity contribution in [1.82, 2.24) is 19.7 Å². The molecule has 16 heteroatoms. The fourth-order valence-electron chi connectivity index (χ4n) is 2.47. The molecule has 10 nitrogen and oxygen atoms in total. The minimum Gasteiger partial charge on any atom is -0.475 e. The molecular formula is C19H12F6N4O6. The van der Waals surface area contributed by atoms with Crippen LogP contribution in [0.5, 0.6) is 0 Å². The Morgan fingerprint density at radius 1 is 0.943 bits per heavy atom. The maximum absolute atomic E-state index is 11.9. The lowest BCUT2D eigenvalue weighted by Gasteiger charge is -2.08. The van der Waals surface area contributed by atoms with E-state index in [1.54, 1.807) is 12.3 Å². The van der Waals surface area contributed by atoms with Crippen molar-refractivity contribution in [2.24, 2.45) is 0 Å². The molecule has 0 saturated carbocycles. The van der Waals surface area contributed by atoms with E-state index in [-0.39, 0.29) is 5.65 Å². The van der Waals surface area contributed by atoms with Crippen LogP contribution >= 0.6 is 0 Å². The van der Waals surface area contributed by atoms with Crippen molar-refractivity contribution in [3.05, 3.63) is 59.3 Å². The van der Waals surface area contributed by atoms with Gasteiger partial charge in [0.05, 0.1) is 0 Å². The third-order valence-electron chi connectivity index (χ3n) is 3.95. The molecule has 0 spiro atoms. The van der Waals surface area contributed by atoms with Crippen LogP contribution in [0.15, 0.2) is 53.7 Å². The number of carboxylic acid groups (broad SMARTS) is 2. The van der Waals surface area contributed by atoms with E-state index in [9.17, 15) is 36.3 Å². The number of pyridine rings is 3. The molecule has 0 unspecified atom stereocenters. The molecule has 0 saturated heterocycles. The summed E-state index contributed by atoms with van der Waals surface area (Å²) in [6.07, 6.45) is -5.12. The topological polar surface area (TPSA) is 158 Å². The van der Waals surface area contributed by atoms with Crippen LogP contribution in [-0.4, -0.2) is 59.4 Å². The average molecular weight is 506 g/mol. The van der Waals surface area contributed by atoms with Crippen molar-refractivity contribution in [3.63, 3.8) is 0 Å². The summed E-state index contributed by atoms with van der Waals surface area (Å²) in [5, 5.41) is 25.7. The van der Waals surface area contributed by atoms with Crippen LogP contribution in [0.25, 0.3) is 33.2 Å². The number of nitrogens with zero attached hydrogens (tertiary/aromatic N) is 3. The zero-order valence-electron chi connectivity index (χ0n) is 16.8. The maximum atomic E-state index is 11.9. The second-order valence-corrected chi connectivity index (χ2v) is 6.33. The van der Waals surface area contributed by atoms with Crippen molar-refractivity contribution < 1.29 is 51.4 Å². The maximum Gasteiger partial charge on any atom is 0.490 e. The molecule has 4 heterocycles. The Labute approximate surface area is 188 Å². The van der Waals surface area contributed by atoms with Gasteiger partial charge in [-0.3, -0.25) is 4.79 Å². The Morgan fingerprint density at radius 2 is 1.51 bits per heavy atom. The molecule has 4 aromatic heterocycles. The Balaban J connectivity index is 0.000000257. The zero-order valence-corrected chi connectivity index (χ0v) is 16.8. The highest BCUT2D eigenvalue weighted by molar-refractivity contribution is 5.94. The fourth-order valence-corrected chi connectivity index (χ4v) is 2.47. The first kappa shape index (κ1) is 26.6. The Morgan fingerprint density at radius 3 is 2.06 bits per heavy atom.